The summed E-state index contributed by atoms with van der Waals surface area (Å²) in [5.41, 5.74) is 0. The average Bonchev–Trinajstić information content (AvgIpc) is 3.24. The number of thiophene rings is 1. The van der Waals surface area contributed by atoms with E-state index in [1.165, 1.54) is 29.5 Å². The smallest absolute Gasteiger partial charge is 0.293 e. The number of nitrogens with zero attached hydrogens (tertiary/aromatic N) is 1. The Morgan fingerprint density at radius 3 is 3.09 bits per heavy atom. The Bertz CT molecular complexity index is 702. The highest BCUT2D eigenvalue weighted by molar-refractivity contribution is 8.01. The zero-order chi connectivity index (χ0) is 15.1. The summed E-state index contributed by atoms with van der Waals surface area (Å²) in [5.74, 6) is 0.00630. The van der Waals surface area contributed by atoms with Gasteiger partial charge in [0.25, 0.3) is 11.3 Å². The van der Waals surface area contributed by atoms with Crippen molar-refractivity contribution < 1.29 is 9.21 Å². The standard InChI is InChI=1S/C14H14ClN3O2S2/c15-14-16-6-11(20-14)22-12-4-3-10(21-12)13(19)18-9-5-7-1-2-8(9)17-7/h3-4,6-9,17H,1-2,5H2,(H,18,19)/t7-,8+,9-/m1/s1. The van der Waals surface area contributed by atoms with E-state index < -0.39 is 0 Å². The Kier molecular flexibility index (Phi) is 3.89. The van der Waals surface area contributed by atoms with Gasteiger partial charge in [0.1, 0.15) is 0 Å². The lowest BCUT2D eigenvalue weighted by Gasteiger charge is -2.20. The molecule has 0 aromatic carbocycles. The maximum absolute atomic E-state index is 12.4. The third-order valence-corrected chi connectivity index (χ3v) is 6.36. The number of hydrogen-bond acceptors (Lipinski definition) is 6. The largest absolute Gasteiger partial charge is 0.421 e. The van der Waals surface area contributed by atoms with Gasteiger partial charge >= 0.3 is 0 Å². The molecule has 2 aliphatic heterocycles. The van der Waals surface area contributed by atoms with Crippen LogP contribution in [0.3, 0.4) is 0 Å². The van der Waals surface area contributed by atoms with E-state index in [0.717, 1.165) is 21.9 Å². The molecular formula is C14H14ClN3O2S2. The molecule has 0 unspecified atom stereocenters. The van der Waals surface area contributed by atoms with Crippen LogP contribution in [0.15, 0.2) is 32.0 Å². The Morgan fingerprint density at radius 1 is 1.50 bits per heavy atom. The second kappa shape index (κ2) is 5.88. The fraction of sp³-hybridized carbons (Fsp3) is 0.429. The van der Waals surface area contributed by atoms with Crippen molar-refractivity contribution in [2.45, 2.75) is 46.7 Å². The summed E-state index contributed by atoms with van der Waals surface area (Å²) in [6, 6.07) is 5.05. The van der Waals surface area contributed by atoms with Crippen molar-refractivity contribution in [2.75, 3.05) is 0 Å². The number of oxazole rings is 1. The van der Waals surface area contributed by atoms with Crippen LogP contribution in [-0.4, -0.2) is 29.0 Å². The van der Waals surface area contributed by atoms with Gasteiger partial charge < -0.3 is 15.1 Å². The maximum Gasteiger partial charge on any atom is 0.293 e. The van der Waals surface area contributed by atoms with Gasteiger partial charge in [-0.1, -0.05) is 0 Å². The van der Waals surface area contributed by atoms with Crippen LogP contribution in [0.25, 0.3) is 0 Å². The van der Waals surface area contributed by atoms with E-state index >= 15 is 0 Å². The van der Waals surface area contributed by atoms with Crippen molar-refractivity contribution in [1.29, 1.82) is 0 Å². The first-order valence-electron chi connectivity index (χ1n) is 7.13. The molecule has 22 heavy (non-hydrogen) atoms. The lowest BCUT2D eigenvalue weighted by Crippen LogP contribution is -2.42. The number of amides is 1. The lowest BCUT2D eigenvalue weighted by atomic mass is 9.95. The van der Waals surface area contributed by atoms with E-state index in [0.29, 0.717) is 17.2 Å². The number of fused-ring (bicyclic) bond motifs is 2. The predicted molar refractivity (Wildman–Crippen MR) is 85.8 cm³/mol. The van der Waals surface area contributed by atoms with Crippen molar-refractivity contribution in [2.24, 2.45) is 0 Å². The van der Waals surface area contributed by atoms with Crippen LogP contribution >= 0.6 is 34.7 Å². The molecule has 0 radical (unpaired) electrons. The highest BCUT2D eigenvalue weighted by Gasteiger charge is 2.39. The zero-order valence-electron chi connectivity index (χ0n) is 11.5. The van der Waals surface area contributed by atoms with Crippen LogP contribution in [0, 0.1) is 0 Å². The van der Waals surface area contributed by atoms with Crippen LogP contribution < -0.4 is 10.6 Å². The molecule has 5 nitrogen and oxygen atoms in total. The topological polar surface area (TPSA) is 67.2 Å². The molecule has 2 aromatic heterocycles. The summed E-state index contributed by atoms with van der Waals surface area (Å²) < 4.78 is 6.19. The summed E-state index contributed by atoms with van der Waals surface area (Å²) in [5, 5.41) is 7.43. The molecule has 0 saturated carbocycles. The molecule has 4 heterocycles. The summed E-state index contributed by atoms with van der Waals surface area (Å²) >= 11 is 8.51. The molecule has 1 amide bonds. The third kappa shape index (κ3) is 2.90. The van der Waals surface area contributed by atoms with Crippen molar-refractivity contribution in [3.8, 4) is 0 Å². The Labute approximate surface area is 140 Å². The lowest BCUT2D eigenvalue weighted by molar-refractivity contribution is 0.0935. The number of carbonyl (C=O) groups excluding carboxylic acids is 1. The quantitative estimate of drug-likeness (QED) is 0.881. The van der Waals surface area contributed by atoms with E-state index in [4.69, 9.17) is 16.0 Å². The summed E-state index contributed by atoms with van der Waals surface area (Å²) in [6.45, 7) is 0. The normalized spacial score (nSPS) is 26.5. The molecule has 2 saturated heterocycles. The average molecular weight is 356 g/mol. The van der Waals surface area contributed by atoms with Gasteiger partial charge in [0, 0.05) is 18.1 Å². The van der Waals surface area contributed by atoms with Crippen molar-refractivity contribution >= 4 is 40.6 Å². The van der Waals surface area contributed by atoms with Crippen molar-refractivity contribution in [3.05, 3.63) is 28.6 Å². The predicted octanol–water partition coefficient (Wildman–Crippen LogP) is 3.16. The molecule has 2 N–H and O–H groups in total. The molecule has 8 heteroatoms. The zero-order valence-corrected chi connectivity index (χ0v) is 13.9. The third-order valence-electron chi connectivity index (χ3n) is 4.08. The maximum atomic E-state index is 12.4. The van der Waals surface area contributed by atoms with E-state index in [1.807, 2.05) is 12.1 Å². The van der Waals surface area contributed by atoms with Gasteiger partial charge in [-0.05, 0) is 54.8 Å². The Hall–Kier alpha value is -1.02. The highest BCUT2D eigenvalue weighted by atomic mass is 35.5. The number of aromatic nitrogens is 1. The second-order valence-corrected chi connectivity index (χ2v) is 8.23. The molecule has 0 spiro atoms. The van der Waals surface area contributed by atoms with E-state index in [2.05, 4.69) is 15.6 Å². The van der Waals surface area contributed by atoms with E-state index in [-0.39, 0.29) is 17.3 Å². The van der Waals surface area contributed by atoms with Crippen LogP contribution in [-0.2, 0) is 0 Å². The molecular weight excluding hydrogens is 342 g/mol. The van der Waals surface area contributed by atoms with Gasteiger partial charge in [-0.2, -0.15) is 0 Å². The van der Waals surface area contributed by atoms with Gasteiger partial charge in [0.15, 0.2) is 5.09 Å². The monoisotopic (exact) mass is 355 g/mol. The molecule has 4 rings (SSSR count). The number of carbonyl (C=O) groups is 1. The van der Waals surface area contributed by atoms with Crippen LogP contribution in [0.2, 0.25) is 5.35 Å². The Balaban J connectivity index is 1.39. The minimum atomic E-state index is 0.00630. The van der Waals surface area contributed by atoms with Crippen LogP contribution in [0.5, 0.6) is 0 Å². The first-order valence-corrected chi connectivity index (χ1v) is 9.14. The minimum Gasteiger partial charge on any atom is -0.421 e. The molecule has 0 aliphatic carbocycles. The van der Waals surface area contributed by atoms with Crippen molar-refractivity contribution in [1.82, 2.24) is 15.6 Å². The van der Waals surface area contributed by atoms with E-state index in [1.54, 1.807) is 6.20 Å². The minimum absolute atomic E-state index is 0.00630. The molecule has 2 bridgehead atoms. The highest BCUT2D eigenvalue weighted by Crippen LogP contribution is 2.35. The van der Waals surface area contributed by atoms with Gasteiger partial charge in [0.05, 0.1) is 15.3 Å². The summed E-state index contributed by atoms with van der Waals surface area (Å²) in [6.07, 6.45) is 5.01. The molecule has 2 aromatic rings. The first kappa shape index (κ1) is 14.6. The van der Waals surface area contributed by atoms with Gasteiger partial charge in [-0.25, -0.2) is 4.98 Å². The number of nitrogens with one attached hydrogen (secondary N) is 2. The number of hydrogen-bond donors (Lipinski definition) is 2. The van der Waals surface area contributed by atoms with Gasteiger partial charge in [-0.3, -0.25) is 4.79 Å². The van der Waals surface area contributed by atoms with Crippen molar-refractivity contribution in [3.63, 3.8) is 0 Å². The molecule has 2 aliphatic rings. The van der Waals surface area contributed by atoms with E-state index in [9.17, 15) is 4.79 Å². The fourth-order valence-electron chi connectivity index (χ4n) is 3.11. The Morgan fingerprint density at radius 2 is 2.41 bits per heavy atom. The summed E-state index contributed by atoms with van der Waals surface area (Å²) in [7, 11) is 0. The fourth-order valence-corrected chi connectivity index (χ4v) is 5.17. The second-order valence-electron chi connectivity index (χ2n) is 5.52. The van der Waals surface area contributed by atoms with Gasteiger partial charge in [0.2, 0.25) is 0 Å². The number of halogens is 1. The summed E-state index contributed by atoms with van der Waals surface area (Å²) in [4.78, 5) is 16.9. The first-order chi connectivity index (χ1) is 10.7. The van der Waals surface area contributed by atoms with Crippen LogP contribution in [0.1, 0.15) is 28.9 Å². The number of rotatable bonds is 4. The SMILES string of the molecule is O=C(N[C@@H]1C[C@H]2CC[C@@H]1N2)c1ccc(Sc2cnc(Cl)o2)s1. The molecule has 3 atom stereocenters. The molecule has 116 valence electrons. The molecule has 2 fully saturated rings. The van der Waals surface area contributed by atoms with Crippen LogP contribution in [0.4, 0.5) is 0 Å². The van der Waals surface area contributed by atoms with Gasteiger partial charge in [-0.15, -0.1) is 11.3 Å².